The molecule has 6 atom stereocenters. The first-order chi connectivity index (χ1) is 22.2. The van der Waals surface area contributed by atoms with Gasteiger partial charge in [0, 0.05) is 69.8 Å². The van der Waals surface area contributed by atoms with Crippen LogP contribution in [0.25, 0.3) is 0 Å². The lowest BCUT2D eigenvalue weighted by atomic mass is 9.52. The number of hydrogen-bond donors (Lipinski definition) is 0. The molecule has 3 aliphatic heterocycles. The van der Waals surface area contributed by atoms with Crippen LogP contribution in [0.1, 0.15) is 72.1 Å². The molecule has 7 aliphatic rings. The zero-order valence-electron chi connectivity index (χ0n) is 28.2. The highest BCUT2D eigenvalue weighted by molar-refractivity contribution is 6.01. The van der Waals surface area contributed by atoms with Crippen LogP contribution < -0.4 is 14.7 Å². The fraction of sp³-hybridized carbons (Fsp3) is 0.684. The van der Waals surface area contributed by atoms with Crippen LogP contribution in [0.15, 0.2) is 41.5 Å². The van der Waals surface area contributed by atoms with E-state index >= 15 is 0 Å². The summed E-state index contributed by atoms with van der Waals surface area (Å²) >= 11 is 0. The fourth-order valence-electron chi connectivity index (χ4n) is 10.8. The first kappa shape index (κ1) is 30.3. The van der Waals surface area contributed by atoms with Crippen molar-refractivity contribution in [1.29, 1.82) is 0 Å². The third-order valence-electron chi connectivity index (χ3n) is 13.2. The van der Waals surface area contributed by atoms with Crippen molar-refractivity contribution < 1.29 is 9.59 Å². The molecule has 3 saturated heterocycles. The number of Topliss-reactive ketones (excluding diaryl/α,β-unsaturated/α-hetero) is 1. The van der Waals surface area contributed by atoms with Crippen LogP contribution in [0.4, 0.5) is 17.6 Å². The van der Waals surface area contributed by atoms with Gasteiger partial charge in [0.2, 0.25) is 5.95 Å². The third kappa shape index (κ3) is 5.05. The molecule has 8 rings (SSSR count). The second-order valence-electron chi connectivity index (χ2n) is 15.9. The van der Waals surface area contributed by atoms with Crippen molar-refractivity contribution >= 4 is 29.2 Å². The summed E-state index contributed by atoms with van der Waals surface area (Å²) in [5.41, 5.74) is 2.68. The smallest absolute Gasteiger partial charge is 0.229 e. The molecule has 5 fully saturated rings. The summed E-state index contributed by atoms with van der Waals surface area (Å²) in [7, 11) is 0. The van der Waals surface area contributed by atoms with Crippen molar-refractivity contribution in [3.8, 4) is 0 Å². The highest BCUT2D eigenvalue weighted by Gasteiger charge is 2.59. The maximum Gasteiger partial charge on any atom is 0.229 e. The minimum Gasteiger partial charge on any atom is -0.356 e. The first-order valence-electron chi connectivity index (χ1n) is 18.3. The lowest BCUT2D eigenvalue weighted by Crippen LogP contribution is -2.51. The van der Waals surface area contributed by atoms with Crippen molar-refractivity contribution in [1.82, 2.24) is 14.9 Å². The van der Waals surface area contributed by atoms with Crippen LogP contribution >= 0.6 is 0 Å². The number of aromatic nitrogens is 2. The van der Waals surface area contributed by atoms with E-state index in [1.165, 1.54) is 36.8 Å². The topological polar surface area (TPSA) is 72.9 Å². The number of ketones is 2. The van der Waals surface area contributed by atoms with Gasteiger partial charge in [-0.1, -0.05) is 37.1 Å². The number of fused-ring (bicyclic) bond motifs is 5. The maximum absolute atomic E-state index is 14.2. The number of hydrogen-bond acceptors (Lipinski definition) is 8. The average molecular weight is 630 g/mol. The fourth-order valence-corrected chi connectivity index (χ4v) is 10.8. The lowest BCUT2D eigenvalue weighted by Gasteiger charge is -2.52. The molecular formula is C38H52N6O2. The minimum absolute atomic E-state index is 0.0111. The predicted octanol–water partition coefficient (Wildman–Crippen LogP) is 5.46. The zero-order chi connectivity index (χ0) is 31.6. The Labute approximate surface area is 275 Å². The molecule has 0 amide bonds. The largest absolute Gasteiger partial charge is 0.356 e. The number of nitrogens with zero attached hydrogens (tertiary/aromatic N) is 6. The van der Waals surface area contributed by atoms with E-state index in [2.05, 4.69) is 58.6 Å². The molecule has 0 spiro atoms. The number of anilines is 3. The number of piperazine rings is 1. The summed E-state index contributed by atoms with van der Waals surface area (Å²) in [6.45, 7) is 15.4. The molecule has 0 bridgehead atoms. The summed E-state index contributed by atoms with van der Waals surface area (Å²) < 4.78 is 0. The van der Waals surface area contributed by atoms with Gasteiger partial charge in [-0.3, -0.25) is 14.5 Å². The highest BCUT2D eigenvalue weighted by atomic mass is 16.1. The van der Waals surface area contributed by atoms with Crippen LogP contribution in [-0.4, -0.2) is 85.3 Å². The molecule has 0 N–H and O–H groups in total. The van der Waals surface area contributed by atoms with E-state index in [4.69, 9.17) is 9.97 Å². The van der Waals surface area contributed by atoms with E-state index in [0.717, 1.165) is 95.6 Å². The van der Waals surface area contributed by atoms with Gasteiger partial charge in [0.25, 0.3) is 0 Å². The lowest BCUT2D eigenvalue weighted by molar-refractivity contribution is -0.129. The molecule has 1 aromatic heterocycles. The second-order valence-corrected chi connectivity index (χ2v) is 15.9. The van der Waals surface area contributed by atoms with Gasteiger partial charge in [-0.25, -0.2) is 0 Å². The first-order valence-corrected chi connectivity index (χ1v) is 18.3. The van der Waals surface area contributed by atoms with Crippen molar-refractivity contribution in [2.24, 2.45) is 34.5 Å². The van der Waals surface area contributed by atoms with Crippen molar-refractivity contribution in [2.45, 2.75) is 72.1 Å². The Morgan fingerprint density at radius 1 is 0.913 bits per heavy atom. The standard InChI is InChI=1S/C38H52N6O2/c1-26-22-31-29-9-8-27-23-28(45)10-12-37(27,2)30(29)11-13-38(31,3)35(26)32(46)25-41-18-20-43(21-19-41)34-24-33(42-14-4-5-15-42)39-36(40-34)44-16-6-7-17-44/h10-12,23-24,26,29,31,35H,4-9,13-22,25H2,1-3H3/t26-,29-,31+,35-,37+,38+/m1/s1/i33+1,34+1,36+1,39+1,40+1. The van der Waals surface area contributed by atoms with E-state index < -0.39 is 0 Å². The molecule has 8 heteroatoms. The summed E-state index contributed by atoms with van der Waals surface area (Å²) in [5.74, 6) is 5.14. The van der Waals surface area contributed by atoms with Gasteiger partial charge in [-0.2, -0.15) is 9.97 Å². The number of carbonyl (C=O) groups excluding carboxylic acids is 2. The quantitative estimate of drug-likeness (QED) is 0.385. The van der Waals surface area contributed by atoms with E-state index in [9.17, 15) is 9.59 Å². The molecule has 0 radical (unpaired) electrons. The number of carbonyl (C=O) groups is 2. The van der Waals surface area contributed by atoms with Crippen molar-refractivity contribution in [3.05, 3.63) is 41.5 Å². The Kier molecular flexibility index (Phi) is 7.65. The highest BCUT2D eigenvalue weighted by Crippen LogP contribution is 2.65. The molecule has 8 nitrogen and oxygen atoms in total. The Balaban J connectivity index is 0.947. The minimum atomic E-state index is -0.128. The molecular weight excluding hydrogens is 577 g/mol. The van der Waals surface area contributed by atoms with Gasteiger partial charge >= 0.3 is 0 Å². The van der Waals surface area contributed by atoms with Crippen LogP contribution in [0.5, 0.6) is 0 Å². The summed E-state index contributed by atoms with van der Waals surface area (Å²) in [5, 5.41) is 0. The van der Waals surface area contributed by atoms with Gasteiger partial charge in [0.15, 0.2) is 11.6 Å². The van der Waals surface area contributed by atoms with Crippen LogP contribution in [0.2, 0.25) is 0 Å². The van der Waals surface area contributed by atoms with Gasteiger partial charge in [0.05, 0.1) is 6.54 Å². The van der Waals surface area contributed by atoms with Crippen molar-refractivity contribution in [3.63, 3.8) is 0 Å². The van der Waals surface area contributed by atoms with Crippen LogP contribution in [0, 0.1) is 34.5 Å². The Morgan fingerprint density at radius 3 is 2.26 bits per heavy atom. The molecule has 4 aliphatic carbocycles. The van der Waals surface area contributed by atoms with Crippen LogP contribution in [-0.2, 0) is 9.59 Å². The predicted molar refractivity (Wildman–Crippen MR) is 183 cm³/mol. The SMILES string of the molecule is C[C@@H]1C[C@H]2[C@@H]3CCC4=CC(=O)C=C[C@]4(C)C3=CC[C@]2(C)[C@H]1C(=O)CN1CCN([13c]2c[13c](N3CCCC3)[15n][13c](N3CCCC3)[15n]2)CC1. The summed E-state index contributed by atoms with van der Waals surface area (Å²) in [4.78, 5) is 46.1. The monoisotopic (exact) mass is 629 g/mol. The zero-order valence-corrected chi connectivity index (χ0v) is 28.2. The van der Waals surface area contributed by atoms with Crippen LogP contribution in [0.3, 0.4) is 0 Å². The number of allylic oxidation sites excluding steroid dienone is 6. The molecule has 4 heterocycles. The summed E-state index contributed by atoms with van der Waals surface area (Å²) in [6, 6.07) is 2.21. The Bertz CT molecular complexity index is 1450. The summed E-state index contributed by atoms with van der Waals surface area (Å²) in [6.07, 6.45) is 17.4. The normalized spacial score (nSPS) is 36.0. The Hall–Kier alpha value is -3.00. The Morgan fingerprint density at radius 2 is 1.57 bits per heavy atom. The molecule has 46 heavy (non-hydrogen) atoms. The van der Waals surface area contributed by atoms with Gasteiger partial charge in [0.1, 0.15) is 11.6 Å². The van der Waals surface area contributed by atoms with E-state index in [-0.39, 0.29) is 22.5 Å². The molecule has 2 saturated carbocycles. The molecule has 0 aromatic carbocycles. The third-order valence-corrected chi connectivity index (χ3v) is 13.2. The van der Waals surface area contributed by atoms with E-state index in [1.807, 2.05) is 6.08 Å². The second kappa shape index (κ2) is 11.6. The molecule has 0 unspecified atom stereocenters. The van der Waals surface area contributed by atoms with Gasteiger partial charge < -0.3 is 14.7 Å². The van der Waals surface area contributed by atoms with E-state index in [0.29, 0.717) is 30.1 Å². The van der Waals surface area contributed by atoms with Gasteiger partial charge in [-0.05, 0) is 93.6 Å². The average Bonchev–Trinajstić information content (AvgIpc) is 3.83. The molecule has 246 valence electrons. The van der Waals surface area contributed by atoms with E-state index in [1.54, 1.807) is 6.08 Å². The maximum atomic E-state index is 14.2. The molecule has 1 aromatic rings. The van der Waals surface area contributed by atoms with Gasteiger partial charge in [-0.15, -0.1) is 0 Å². The number of rotatable bonds is 6. The van der Waals surface area contributed by atoms with Crippen molar-refractivity contribution in [2.75, 3.05) is 73.6 Å².